The van der Waals surface area contributed by atoms with Crippen LogP contribution < -0.4 is 15.4 Å². The van der Waals surface area contributed by atoms with Crippen molar-refractivity contribution in [3.8, 4) is 5.75 Å². The van der Waals surface area contributed by atoms with Gasteiger partial charge in [-0.15, -0.1) is 0 Å². The van der Waals surface area contributed by atoms with Gasteiger partial charge in [-0.05, 0) is 55.7 Å². The fourth-order valence-corrected chi connectivity index (χ4v) is 3.82. The standard InChI is InChI=1S/C24H31N3O3S/c1-2-29-15-16-30-22-10-6-9-20(17-22)23(28)26-24(31)25-21-11-13-27(14-12-21)18-19-7-4-3-5-8-19/h3-10,17,21H,2,11-16,18H2,1H3,(H2,25,26,28,31). The van der Waals surface area contributed by atoms with E-state index in [0.717, 1.165) is 32.5 Å². The number of benzene rings is 2. The minimum atomic E-state index is -0.241. The molecule has 1 fully saturated rings. The number of piperidine rings is 1. The van der Waals surface area contributed by atoms with Gasteiger partial charge in [0.1, 0.15) is 12.4 Å². The van der Waals surface area contributed by atoms with Crippen molar-refractivity contribution in [1.29, 1.82) is 0 Å². The number of ether oxygens (including phenoxy) is 2. The average molecular weight is 442 g/mol. The normalized spacial score (nSPS) is 14.7. The smallest absolute Gasteiger partial charge is 0.257 e. The number of hydrogen-bond donors (Lipinski definition) is 2. The molecule has 1 heterocycles. The van der Waals surface area contributed by atoms with Crippen LogP contribution in [0.3, 0.4) is 0 Å². The first kappa shape index (κ1) is 23.2. The van der Waals surface area contributed by atoms with Gasteiger partial charge in [0.2, 0.25) is 0 Å². The molecular formula is C24H31N3O3S. The van der Waals surface area contributed by atoms with Crippen LogP contribution in [0.25, 0.3) is 0 Å². The summed E-state index contributed by atoms with van der Waals surface area (Å²) in [4.78, 5) is 15.0. The van der Waals surface area contributed by atoms with E-state index in [1.54, 1.807) is 18.2 Å². The summed E-state index contributed by atoms with van der Waals surface area (Å²) >= 11 is 5.37. The van der Waals surface area contributed by atoms with Crippen LogP contribution in [0.15, 0.2) is 54.6 Å². The number of nitrogens with one attached hydrogen (secondary N) is 2. The molecular weight excluding hydrogens is 410 g/mol. The number of carbonyl (C=O) groups excluding carboxylic acids is 1. The second-order valence-electron chi connectivity index (χ2n) is 7.54. The minimum Gasteiger partial charge on any atom is -0.491 e. The van der Waals surface area contributed by atoms with Gasteiger partial charge in [0.15, 0.2) is 5.11 Å². The molecule has 3 rings (SSSR count). The molecule has 0 bridgehead atoms. The summed E-state index contributed by atoms with van der Waals surface area (Å²) in [6, 6.07) is 17.9. The van der Waals surface area contributed by atoms with E-state index in [4.69, 9.17) is 21.7 Å². The number of carbonyl (C=O) groups is 1. The van der Waals surface area contributed by atoms with Crippen molar-refractivity contribution in [3.05, 3.63) is 65.7 Å². The first-order valence-corrected chi connectivity index (χ1v) is 11.2. The lowest BCUT2D eigenvalue weighted by Crippen LogP contribution is -2.48. The Labute approximate surface area is 189 Å². The van der Waals surface area contributed by atoms with Crippen LogP contribution in [-0.2, 0) is 11.3 Å². The van der Waals surface area contributed by atoms with E-state index in [2.05, 4.69) is 39.8 Å². The summed E-state index contributed by atoms with van der Waals surface area (Å²) < 4.78 is 10.9. The maximum atomic E-state index is 12.6. The third-order valence-electron chi connectivity index (χ3n) is 5.20. The molecule has 166 valence electrons. The first-order chi connectivity index (χ1) is 15.1. The van der Waals surface area contributed by atoms with Gasteiger partial charge >= 0.3 is 0 Å². The van der Waals surface area contributed by atoms with Gasteiger partial charge in [-0.3, -0.25) is 15.0 Å². The summed E-state index contributed by atoms with van der Waals surface area (Å²) in [6.45, 7) is 6.54. The predicted octanol–water partition coefficient (Wildman–Crippen LogP) is 3.37. The third kappa shape index (κ3) is 7.94. The molecule has 7 heteroatoms. The van der Waals surface area contributed by atoms with Crippen LogP contribution in [-0.4, -0.2) is 54.9 Å². The van der Waals surface area contributed by atoms with E-state index < -0.39 is 0 Å². The first-order valence-electron chi connectivity index (χ1n) is 10.8. The molecule has 31 heavy (non-hydrogen) atoms. The highest BCUT2D eigenvalue weighted by molar-refractivity contribution is 7.80. The molecule has 1 aliphatic heterocycles. The topological polar surface area (TPSA) is 62.8 Å². The highest BCUT2D eigenvalue weighted by Gasteiger charge is 2.20. The molecule has 6 nitrogen and oxygen atoms in total. The quantitative estimate of drug-likeness (QED) is 0.460. The van der Waals surface area contributed by atoms with Crippen LogP contribution >= 0.6 is 12.2 Å². The van der Waals surface area contributed by atoms with Crippen LogP contribution in [0.5, 0.6) is 5.75 Å². The fraction of sp³-hybridized carbons (Fsp3) is 0.417. The highest BCUT2D eigenvalue weighted by atomic mass is 32.1. The van der Waals surface area contributed by atoms with E-state index in [0.29, 0.717) is 36.2 Å². The van der Waals surface area contributed by atoms with Crippen LogP contribution in [0.1, 0.15) is 35.7 Å². The van der Waals surface area contributed by atoms with Crippen molar-refractivity contribution in [2.45, 2.75) is 32.4 Å². The molecule has 0 aliphatic carbocycles. The molecule has 0 saturated carbocycles. The molecule has 0 radical (unpaired) electrons. The zero-order chi connectivity index (χ0) is 21.9. The van der Waals surface area contributed by atoms with Gasteiger partial charge in [0.05, 0.1) is 6.61 Å². The molecule has 0 atom stereocenters. The highest BCUT2D eigenvalue weighted by Crippen LogP contribution is 2.15. The monoisotopic (exact) mass is 441 g/mol. The van der Waals surface area contributed by atoms with E-state index in [9.17, 15) is 4.79 Å². The van der Waals surface area contributed by atoms with Gasteiger partial charge < -0.3 is 14.8 Å². The van der Waals surface area contributed by atoms with Crippen molar-refractivity contribution in [1.82, 2.24) is 15.5 Å². The maximum absolute atomic E-state index is 12.6. The Bertz CT molecular complexity index is 839. The lowest BCUT2D eigenvalue weighted by molar-refractivity contribution is 0.0974. The molecule has 2 N–H and O–H groups in total. The third-order valence-corrected chi connectivity index (χ3v) is 5.42. The zero-order valence-electron chi connectivity index (χ0n) is 18.0. The second kappa shape index (κ2) is 12.4. The number of nitrogens with zero attached hydrogens (tertiary/aromatic N) is 1. The molecule has 1 amide bonds. The van der Waals surface area contributed by atoms with Gasteiger partial charge in [0.25, 0.3) is 5.91 Å². The van der Waals surface area contributed by atoms with Gasteiger partial charge in [-0.25, -0.2) is 0 Å². The lowest BCUT2D eigenvalue weighted by atomic mass is 10.0. The Morgan fingerprint density at radius 2 is 1.87 bits per heavy atom. The van der Waals surface area contributed by atoms with Gasteiger partial charge in [-0.1, -0.05) is 36.4 Å². The summed E-state index contributed by atoms with van der Waals surface area (Å²) in [5.74, 6) is 0.395. The summed E-state index contributed by atoms with van der Waals surface area (Å²) in [5, 5.41) is 6.45. The van der Waals surface area contributed by atoms with Crippen molar-refractivity contribution >= 4 is 23.2 Å². The van der Waals surface area contributed by atoms with E-state index >= 15 is 0 Å². The molecule has 0 spiro atoms. The summed E-state index contributed by atoms with van der Waals surface area (Å²) in [5.41, 5.74) is 1.84. The molecule has 1 saturated heterocycles. The number of amides is 1. The van der Waals surface area contributed by atoms with Crippen LogP contribution in [0.4, 0.5) is 0 Å². The molecule has 2 aromatic rings. The Balaban J connectivity index is 1.40. The molecule has 1 aliphatic rings. The van der Waals surface area contributed by atoms with E-state index in [-0.39, 0.29) is 11.9 Å². The van der Waals surface area contributed by atoms with E-state index in [1.165, 1.54) is 5.56 Å². The Hall–Kier alpha value is -2.48. The number of rotatable bonds is 9. The second-order valence-corrected chi connectivity index (χ2v) is 7.95. The SMILES string of the molecule is CCOCCOc1cccc(C(=O)NC(=S)NC2CCN(Cc3ccccc3)CC2)c1. The van der Waals surface area contributed by atoms with Gasteiger partial charge in [-0.2, -0.15) is 0 Å². The number of likely N-dealkylation sites (tertiary alicyclic amines) is 1. The van der Waals surface area contributed by atoms with Crippen LogP contribution in [0, 0.1) is 0 Å². The fourth-order valence-electron chi connectivity index (χ4n) is 3.56. The Kier molecular flexibility index (Phi) is 9.27. The zero-order valence-corrected chi connectivity index (χ0v) is 18.8. The van der Waals surface area contributed by atoms with Crippen molar-refractivity contribution in [3.63, 3.8) is 0 Å². The Morgan fingerprint density at radius 3 is 2.61 bits per heavy atom. The minimum absolute atomic E-state index is 0.241. The Morgan fingerprint density at radius 1 is 1.10 bits per heavy atom. The molecule has 0 unspecified atom stereocenters. The average Bonchev–Trinajstić information content (AvgIpc) is 2.79. The van der Waals surface area contributed by atoms with Crippen molar-refractivity contribution in [2.75, 3.05) is 32.9 Å². The predicted molar refractivity (Wildman–Crippen MR) is 126 cm³/mol. The maximum Gasteiger partial charge on any atom is 0.257 e. The molecule has 2 aromatic carbocycles. The van der Waals surface area contributed by atoms with Gasteiger partial charge in [0, 0.05) is 37.8 Å². The number of thiocarbonyl (C=S) groups is 1. The van der Waals surface area contributed by atoms with E-state index in [1.807, 2.05) is 19.1 Å². The lowest BCUT2D eigenvalue weighted by Gasteiger charge is -2.32. The van der Waals surface area contributed by atoms with Crippen molar-refractivity contribution in [2.24, 2.45) is 0 Å². The largest absolute Gasteiger partial charge is 0.491 e. The van der Waals surface area contributed by atoms with Crippen molar-refractivity contribution < 1.29 is 14.3 Å². The summed E-state index contributed by atoms with van der Waals surface area (Å²) in [6.07, 6.45) is 1.98. The molecule has 0 aromatic heterocycles. The number of hydrogen-bond acceptors (Lipinski definition) is 5. The van der Waals surface area contributed by atoms with Crippen LogP contribution in [0.2, 0.25) is 0 Å². The summed E-state index contributed by atoms with van der Waals surface area (Å²) in [7, 11) is 0.